The summed E-state index contributed by atoms with van der Waals surface area (Å²) in [6.07, 6.45) is 5.34. The van der Waals surface area contributed by atoms with Gasteiger partial charge >= 0.3 is 0 Å². The molecule has 0 aliphatic rings. The van der Waals surface area contributed by atoms with Crippen molar-refractivity contribution < 1.29 is 9.53 Å². The van der Waals surface area contributed by atoms with Crippen LogP contribution in [0, 0.1) is 5.41 Å². The van der Waals surface area contributed by atoms with Crippen LogP contribution in [0.15, 0.2) is 12.2 Å². The standard InChI is InChI=1S/C10H18O2/c1-5-9(12-4)10(2,3)7-6-8-11/h6-9H,5H2,1-4H3. The number of carbonyl (C=O) groups is 1. The number of allylic oxidation sites excluding steroid dienone is 1. The van der Waals surface area contributed by atoms with Crippen molar-refractivity contribution in [2.24, 2.45) is 5.41 Å². The number of methoxy groups -OCH3 is 1. The van der Waals surface area contributed by atoms with Crippen LogP contribution in [0.5, 0.6) is 0 Å². The lowest BCUT2D eigenvalue weighted by molar-refractivity contribution is -0.104. The van der Waals surface area contributed by atoms with Crippen molar-refractivity contribution in [1.29, 1.82) is 0 Å². The molecule has 0 aromatic carbocycles. The molecule has 1 unspecified atom stereocenters. The minimum absolute atomic E-state index is 0.0651. The fraction of sp³-hybridized carbons (Fsp3) is 0.700. The van der Waals surface area contributed by atoms with Gasteiger partial charge in [0.2, 0.25) is 0 Å². The van der Waals surface area contributed by atoms with Gasteiger partial charge in [-0.1, -0.05) is 26.8 Å². The first kappa shape index (κ1) is 11.4. The summed E-state index contributed by atoms with van der Waals surface area (Å²) < 4.78 is 5.29. The lowest BCUT2D eigenvalue weighted by atomic mass is 9.84. The molecule has 1 atom stereocenters. The first-order chi connectivity index (χ1) is 5.58. The van der Waals surface area contributed by atoms with Gasteiger partial charge in [0.05, 0.1) is 6.10 Å². The van der Waals surface area contributed by atoms with Crippen molar-refractivity contribution in [1.82, 2.24) is 0 Å². The van der Waals surface area contributed by atoms with Gasteiger partial charge in [0.1, 0.15) is 6.29 Å². The van der Waals surface area contributed by atoms with Gasteiger partial charge in [0.15, 0.2) is 0 Å². The number of carbonyl (C=O) groups excluding carboxylic acids is 1. The van der Waals surface area contributed by atoms with Crippen LogP contribution in [0.25, 0.3) is 0 Å². The molecule has 0 aliphatic heterocycles. The minimum Gasteiger partial charge on any atom is -0.381 e. The second-order valence-electron chi connectivity index (χ2n) is 3.45. The first-order valence-corrected chi connectivity index (χ1v) is 4.24. The highest BCUT2D eigenvalue weighted by Gasteiger charge is 2.24. The fourth-order valence-corrected chi connectivity index (χ4v) is 1.39. The van der Waals surface area contributed by atoms with Gasteiger partial charge in [-0.3, -0.25) is 4.79 Å². The predicted molar refractivity (Wildman–Crippen MR) is 50.1 cm³/mol. The average molecular weight is 170 g/mol. The zero-order valence-electron chi connectivity index (χ0n) is 8.33. The smallest absolute Gasteiger partial charge is 0.142 e. The molecular weight excluding hydrogens is 152 g/mol. The van der Waals surface area contributed by atoms with Gasteiger partial charge in [-0.2, -0.15) is 0 Å². The molecule has 0 bridgehead atoms. The molecule has 0 heterocycles. The van der Waals surface area contributed by atoms with E-state index in [1.54, 1.807) is 7.11 Å². The Labute approximate surface area is 74.6 Å². The highest BCUT2D eigenvalue weighted by atomic mass is 16.5. The summed E-state index contributed by atoms with van der Waals surface area (Å²) in [6, 6.07) is 0. The molecule has 0 N–H and O–H groups in total. The summed E-state index contributed by atoms with van der Waals surface area (Å²) in [5.41, 5.74) is -0.0651. The first-order valence-electron chi connectivity index (χ1n) is 4.24. The second-order valence-corrected chi connectivity index (χ2v) is 3.45. The van der Waals surface area contributed by atoms with Crippen LogP contribution in [0.4, 0.5) is 0 Å². The molecule has 2 heteroatoms. The summed E-state index contributed by atoms with van der Waals surface area (Å²) in [4.78, 5) is 10.1. The topological polar surface area (TPSA) is 26.3 Å². The Kier molecular flexibility index (Phi) is 4.83. The predicted octanol–water partition coefficient (Wildman–Crippen LogP) is 2.19. The lowest BCUT2D eigenvalue weighted by Gasteiger charge is -2.29. The Morgan fingerprint density at radius 3 is 2.42 bits per heavy atom. The second kappa shape index (κ2) is 5.09. The normalized spacial score (nSPS) is 15.0. The van der Waals surface area contributed by atoms with Gasteiger partial charge in [-0.15, -0.1) is 0 Å². The van der Waals surface area contributed by atoms with Crippen LogP contribution in [0.3, 0.4) is 0 Å². The number of rotatable bonds is 5. The molecule has 12 heavy (non-hydrogen) atoms. The zero-order chi connectivity index (χ0) is 9.61. The summed E-state index contributed by atoms with van der Waals surface area (Å²) in [6.45, 7) is 6.19. The van der Waals surface area contributed by atoms with Gasteiger partial charge in [-0.05, 0) is 12.5 Å². The van der Waals surface area contributed by atoms with E-state index in [0.717, 1.165) is 12.7 Å². The van der Waals surface area contributed by atoms with Gasteiger partial charge < -0.3 is 4.74 Å². The molecule has 0 saturated heterocycles. The van der Waals surface area contributed by atoms with Gasteiger partial charge in [0, 0.05) is 12.5 Å². The average Bonchev–Trinajstić information content (AvgIpc) is 2.03. The number of aldehydes is 1. The van der Waals surface area contributed by atoms with E-state index in [1.807, 2.05) is 6.08 Å². The van der Waals surface area contributed by atoms with Crippen molar-refractivity contribution in [3.05, 3.63) is 12.2 Å². The van der Waals surface area contributed by atoms with Crippen molar-refractivity contribution in [2.45, 2.75) is 33.3 Å². The van der Waals surface area contributed by atoms with Crippen LogP contribution in [-0.4, -0.2) is 19.5 Å². The molecule has 0 aromatic heterocycles. The lowest BCUT2D eigenvalue weighted by Crippen LogP contribution is -2.28. The number of hydrogen-bond donors (Lipinski definition) is 0. The Balaban J connectivity index is 4.33. The van der Waals surface area contributed by atoms with Gasteiger partial charge in [-0.25, -0.2) is 0 Å². The SMILES string of the molecule is CCC(OC)C(C)(C)C=CC=O. The van der Waals surface area contributed by atoms with E-state index in [-0.39, 0.29) is 11.5 Å². The highest BCUT2D eigenvalue weighted by molar-refractivity contribution is 5.64. The van der Waals surface area contributed by atoms with E-state index < -0.39 is 0 Å². The number of hydrogen-bond acceptors (Lipinski definition) is 2. The zero-order valence-corrected chi connectivity index (χ0v) is 8.33. The van der Waals surface area contributed by atoms with Crippen LogP contribution >= 0.6 is 0 Å². The van der Waals surface area contributed by atoms with E-state index in [2.05, 4.69) is 20.8 Å². The monoisotopic (exact) mass is 170 g/mol. The number of ether oxygens (including phenoxy) is 1. The van der Waals surface area contributed by atoms with E-state index in [4.69, 9.17) is 4.74 Å². The molecule has 0 saturated carbocycles. The van der Waals surface area contributed by atoms with Crippen molar-refractivity contribution >= 4 is 6.29 Å². The summed E-state index contributed by atoms with van der Waals surface area (Å²) in [5, 5.41) is 0. The molecule has 0 spiro atoms. The largest absolute Gasteiger partial charge is 0.381 e. The summed E-state index contributed by atoms with van der Waals surface area (Å²) in [7, 11) is 1.70. The van der Waals surface area contributed by atoms with Gasteiger partial charge in [0.25, 0.3) is 0 Å². The third-order valence-corrected chi connectivity index (χ3v) is 2.09. The molecule has 0 fully saturated rings. The Morgan fingerprint density at radius 2 is 2.08 bits per heavy atom. The van der Waals surface area contributed by atoms with Crippen LogP contribution in [0.1, 0.15) is 27.2 Å². The third-order valence-electron chi connectivity index (χ3n) is 2.09. The fourth-order valence-electron chi connectivity index (χ4n) is 1.39. The molecule has 2 nitrogen and oxygen atoms in total. The Bertz CT molecular complexity index is 155. The van der Waals surface area contributed by atoms with E-state index >= 15 is 0 Å². The molecule has 0 radical (unpaired) electrons. The van der Waals surface area contributed by atoms with Crippen molar-refractivity contribution in [2.75, 3.05) is 7.11 Å². The molecule has 0 rings (SSSR count). The van der Waals surface area contributed by atoms with Crippen LogP contribution in [0.2, 0.25) is 0 Å². The molecule has 70 valence electrons. The molecular formula is C10H18O2. The van der Waals surface area contributed by atoms with Crippen molar-refractivity contribution in [3.63, 3.8) is 0 Å². The summed E-state index contributed by atoms with van der Waals surface area (Å²) >= 11 is 0. The molecule has 0 aliphatic carbocycles. The minimum atomic E-state index is -0.0651. The molecule has 0 aromatic rings. The maximum absolute atomic E-state index is 10.1. The van der Waals surface area contributed by atoms with E-state index in [1.165, 1.54) is 6.08 Å². The van der Waals surface area contributed by atoms with E-state index in [9.17, 15) is 4.79 Å². The molecule has 0 amide bonds. The van der Waals surface area contributed by atoms with Crippen LogP contribution < -0.4 is 0 Å². The highest BCUT2D eigenvalue weighted by Crippen LogP contribution is 2.26. The van der Waals surface area contributed by atoms with Crippen LogP contribution in [-0.2, 0) is 9.53 Å². The van der Waals surface area contributed by atoms with Crippen molar-refractivity contribution in [3.8, 4) is 0 Å². The third kappa shape index (κ3) is 3.18. The maximum atomic E-state index is 10.1. The Morgan fingerprint density at radius 1 is 1.50 bits per heavy atom. The maximum Gasteiger partial charge on any atom is 0.142 e. The summed E-state index contributed by atoms with van der Waals surface area (Å²) in [5.74, 6) is 0. The van der Waals surface area contributed by atoms with E-state index in [0.29, 0.717) is 0 Å². The quantitative estimate of drug-likeness (QED) is 0.467. The Hall–Kier alpha value is -0.630.